The highest BCUT2D eigenvalue weighted by molar-refractivity contribution is 7.89. The zero-order valence-electron chi connectivity index (χ0n) is 52.4. The van der Waals surface area contributed by atoms with Gasteiger partial charge in [-0.1, -0.05) is 82.3 Å². The summed E-state index contributed by atoms with van der Waals surface area (Å²) in [6.45, 7) is 12.3. The van der Waals surface area contributed by atoms with E-state index >= 15 is 0 Å². The number of nitro benzene ring substituents is 1. The fourth-order valence-corrected chi connectivity index (χ4v) is 14.6. The first-order chi connectivity index (χ1) is 43.9. The van der Waals surface area contributed by atoms with Gasteiger partial charge >= 0.3 is 0 Å². The Bertz CT molecular complexity index is 4530. The number of para-hydroxylation sites is 1. The quantitative estimate of drug-likeness (QED) is 0.0233. The molecular formula is C73H74N9O8S+. The van der Waals surface area contributed by atoms with E-state index in [1.807, 2.05) is 108 Å². The smallest absolute Gasteiger partial charge is 0.297 e. The third kappa shape index (κ3) is 12.7. The normalized spacial score (nSPS) is 15.2. The molecule has 0 saturated carbocycles. The molecule has 0 bridgehead atoms. The number of anilines is 3. The molecule has 7 aromatic carbocycles. The third-order valence-corrected chi connectivity index (χ3v) is 20.0. The second-order valence-electron chi connectivity index (χ2n) is 24.5. The first-order valence-electron chi connectivity index (χ1n) is 31.3. The van der Waals surface area contributed by atoms with E-state index in [0.717, 1.165) is 93.7 Å². The van der Waals surface area contributed by atoms with Crippen LogP contribution in [-0.4, -0.2) is 76.1 Å². The topological polar surface area (TPSA) is 196 Å². The number of azo groups is 2. The van der Waals surface area contributed by atoms with Gasteiger partial charge in [0.25, 0.3) is 5.69 Å². The highest BCUT2D eigenvalue weighted by Gasteiger charge is 2.36. The van der Waals surface area contributed by atoms with Crippen molar-refractivity contribution in [2.24, 2.45) is 38.2 Å². The predicted molar refractivity (Wildman–Crippen MR) is 357 cm³/mol. The van der Waals surface area contributed by atoms with Crippen molar-refractivity contribution in [2.75, 3.05) is 56.7 Å². The number of nitro groups is 1. The van der Waals surface area contributed by atoms with Crippen molar-refractivity contribution in [3.05, 3.63) is 201 Å². The molecule has 4 aliphatic heterocycles. The number of piperidine rings is 1. The molecule has 1 fully saturated rings. The maximum Gasteiger partial charge on any atom is 0.297 e. The number of ether oxygens (including phenoxy) is 1. The van der Waals surface area contributed by atoms with Gasteiger partial charge in [-0.15, -0.1) is 15.3 Å². The summed E-state index contributed by atoms with van der Waals surface area (Å²) in [5.41, 5.74) is 13.2. The molecule has 5 aliphatic rings. The Kier molecular flexibility index (Phi) is 17.7. The van der Waals surface area contributed by atoms with Crippen molar-refractivity contribution in [3.63, 3.8) is 0 Å². The summed E-state index contributed by atoms with van der Waals surface area (Å²) in [4.78, 5) is 41.9. The summed E-state index contributed by atoms with van der Waals surface area (Å²) >= 11 is 0. The monoisotopic (exact) mass is 1240 g/mol. The number of benzene rings is 8. The minimum atomic E-state index is -4.01. The fraction of sp³-hybridized carbons (Fsp3) is 0.301. The number of ketones is 2. The molecule has 0 N–H and O–H groups in total. The van der Waals surface area contributed by atoms with Crippen LogP contribution in [0.25, 0.3) is 33.4 Å². The number of hydrogen-bond donors (Lipinski definition) is 0. The molecule has 17 nitrogen and oxygen atoms in total. The number of carbonyl (C=O) groups is 2. The van der Waals surface area contributed by atoms with E-state index in [2.05, 4.69) is 89.4 Å². The van der Waals surface area contributed by atoms with E-state index in [0.29, 0.717) is 77.5 Å². The SMILES string of the molecule is COc1cc(N=Nc2ccc(Cc3cccc4c3CCN4c3ccc4c(-c5ccccc5S(=O)(=O)N5CCC(C(=O)C(C)C)CC5)c5ccc(=[N+]6CCc7ccccc76)cc-5oc4c3)cc2[N+](=O)[O-])c(C)cc1N=Nc1ccc(N(C)CCCC(=O)C(C)C)cc1. The van der Waals surface area contributed by atoms with Crippen LogP contribution in [0.4, 0.5) is 51.2 Å². The summed E-state index contributed by atoms with van der Waals surface area (Å²) in [7, 11) is -0.480. The summed E-state index contributed by atoms with van der Waals surface area (Å²) < 4.78 is 46.4. The highest BCUT2D eigenvalue weighted by atomic mass is 32.2. The summed E-state index contributed by atoms with van der Waals surface area (Å²) in [6, 6.07) is 50.4. The molecule has 0 radical (unpaired) electrons. The van der Waals surface area contributed by atoms with E-state index in [1.54, 1.807) is 40.7 Å². The molecular weight excluding hydrogens is 1160 g/mol. The number of fused-ring (bicyclic) bond motifs is 4. The zero-order valence-corrected chi connectivity index (χ0v) is 53.2. The lowest BCUT2D eigenvalue weighted by molar-refractivity contribution is -0.384. The molecule has 91 heavy (non-hydrogen) atoms. The van der Waals surface area contributed by atoms with Gasteiger partial charge in [-0.05, 0) is 128 Å². The molecule has 18 heteroatoms. The van der Waals surface area contributed by atoms with E-state index < -0.39 is 14.9 Å². The Hall–Kier alpha value is -9.52. The van der Waals surface area contributed by atoms with Crippen molar-refractivity contribution in [1.29, 1.82) is 0 Å². The number of rotatable bonds is 20. The van der Waals surface area contributed by atoms with Crippen LogP contribution in [0.3, 0.4) is 0 Å². The lowest BCUT2D eigenvalue weighted by Crippen LogP contribution is -2.41. The number of methoxy groups -OCH3 is 1. The van der Waals surface area contributed by atoms with Gasteiger partial charge in [0.1, 0.15) is 34.3 Å². The van der Waals surface area contributed by atoms with Crippen molar-refractivity contribution < 1.29 is 32.1 Å². The van der Waals surface area contributed by atoms with Gasteiger partial charge in [-0.2, -0.15) is 14.0 Å². The van der Waals surface area contributed by atoms with Gasteiger partial charge in [0.05, 0.1) is 34.4 Å². The van der Waals surface area contributed by atoms with Crippen molar-refractivity contribution in [3.8, 4) is 28.2 Å². The van der Waals surface area contributed by atoms with Crippen LogP contribution in [-0.2, 0) is 38.9 Å². The molecule has 4 heterocycles. The first kappa shape index (κ1) is 61.7. The summed E-state index contributed by atoms with van der Waals surface area (Å²) in [5.74, 6) is 1.25. The Morgan fingerprint density at radius 3 is 2.30 bits per heavy atom. The van der Waals surface area contributed by atoms with Crippen molar-refractivity contribution >= 4 is 83.7 Å². The van der Waals surface area contributed by atoms with Crippen LogP contribution in [0.5, 0.6) is 5.75 Å². The number of hydrogen-bond acceptors (Lipinski definition) is 14. The largest absolute Gasteiger partial charge is 0.494 e. The molecule has 7 aromatic rings. The fourth-order valence-electron chi connectivity index (χ4n) is 13.0. The van der Waals surface area contributed by atoms with Crippen LogP contribution in [0, 0.1) is 34.8 Å². The van der Waals surface area contributed by atoms with Gasteiger partial charge in [-0.3, -0.25) is 19.7 Å². The Labute approximate surface area is 530 Å². The maximum atomic E-state index is 14.9. The number of carbonyl (C=O) groups excluding carboxylic acids is 2. The third-order valence-electron chi connectivity index (χ3n) is 18.0. The summed E-state index contributed by atoms with van der Waals surface area (Å²) in [5, 5.41) is 32.3. The maximum absolute atomic E-state index is 14.9. The Balaban J connectivity index is 0.808. The molecule has 464 valence electrons. The lowest BCUT2D eigenvalue weighted by atomic mass is 9.88. The van der Waals surface area contributed by atoms with Gasteiger partial charge in [0.15, 0.2) is 12.2 Å². The van der Waals surface area contributed by atoms with Crippen molar-refractivity contribution in [2.45, 2.75) is 84.5 Å². The standard InChI is InChI=1S/C73H74N9O8S/c1-46(2)67(83)19-13-35-78(6)54-24-22-53(23-25-54)74-77-63-40-48(5)62(45-70(63)89-7)76-75-61-30-21-49(42-66(61)82(85)86)41-52-15-12-18-65-57(52)34-39-81(65)56-27-29-59-69(44-56)90-68-43-55(80-38-33-50-14-8-10-17-64(50)80)26-28-58(68)72(59)60-16-9-11-20-71(60)91(87,88)79-36-31-51(32-37-79)73(84)47(3)4/h8-12,14-18,20-30,40,42-47,51H,13,19,31-39,41H2,1-7H3/q+1. The van der Waals surface area contributed by atoms with Gasteiger partial charge in [-0.25, -0.2) is 8.42 Å². The number of Topliss-reactive ketones (excluding diaryl/α,β-unsaturated/α-hetero) is 2. The van der Waals surface area contributed by atoms with Crippen LogP contribution in [0.1, 0.15) is 81.2 Å². The summed E-state index contributed by atoms with van der Waals surface area (Å²) in [6.07, 6.45) is 4.39. The number of aryl methyl sites for hydroxylation is 1. The van der Waals surface area contributed by atoms with Gasteiger partial charge in [0, 0.05) is 139 Å². The van der Waals surface area contributed by atoms with E-state index in [4.69, 9.17) is 9.15 Å². The minimum absolute atomic E-state index is 0.0413. The molecule has 0 atom stereocenters. The Morgan fingerprint density at radius 2 is 1.53 bits per heavy atom. The number of sulfonamides is 1. The molecule has 0 unspecified atom stereocenters. The second kappa shape index (κ2) is 26.1. The molecule has 0 aromatic heterocycles. The van der Waals surface area contributed by atoms with Gasteiger partial charge < -0.3 is 19.0 Å². The first-order valence-corrected chi connectivity index (χ1v) is 32.7. The molecule has 1 aliphatic carbocycles. The Morgan fingerprint density at radius 1 is 0.769 bits per heavy atom. The molecule has 1 saturated heterocycles. The second-order valence-corrected chi connectivity index (χ2v) is 26.5. The van der Waals surface area contributed by atoms with E-state index in [1.165, 1.54) is 12.7 Å². The van der Waals surface area contributed by atoms with Gasteiger partial charge in [0.2, 0.25) is 21.1 Å². The van der Waals surface area contributed by atoms with Crippen LogP contribution < -0.4 is 24.5 Å². The van der Waals surface area contributed by atoms with Crippen molar-refractivity contribution in [1.82, 2.24) is 8.88 Å². The molecule has 0 amide bonds. The predicted octanol–water partition coefficient (Wildman–Crippen LogP) is 16.3. The lowest BCUT2D eigenvalue weighted by Gasteiger charge is -2.32. The molecule has 12 rings (SSSR count). The highest BCUT2D eigenvalue weighted by Crippen LogP contribution is 2.46. The zero-order chi connectivity index (χ0) is 63.7. The van der Waals surface area contributed by atoms with E-state index in [-0.39, 0.29) is 58.7 Å². The van der Waals surface area contributed by atoms with Crippen LogP contribution in [0.2, 0.25) is 0 Å². The average molecular weight is 1240 g/mol. The van der Waals surface area contributed by atoms with E-state index in [9.17, 15) is 28.1 Å². The van der Waals surface area contributed by atoms with Crippen LogP contribution in [0.15, 0.2) is 187 Å². The average Bonchev–Trinajstić information content (AvgIpc) is 1.44. The number of nitrogens with zero attached hydrogens (tertiary/aromatic N) is 9. The minimum Gasteiger partial charge on any atom is -0.494 e. The molecule has 0 spiro atoms. The van der Waals surface area contributed by atoms with Crippen LogP contribution >= 0.6 is 0 Å².